The third-order valence-electron chi connectivity index (χ3n) is 6.41. The Bertz CT molecular complexity index is 1350. The maximum Gasteiger partial charge on any atom is 0.223 e. The Labute approximate surface area is 220 Å². The van der Waals surface area contributed by atoms with Crippen molar-refractivity contribution in [3.8, 4) is 22.6 Å². The summed E-state index contributed by atoms with van der Waals surface area (Å²) in [5.41, 5.74) is 1.90. The van der Waals surface area contributed by atoms with Crippen molar-refractivity contribution in [3.05, 3.63) is 48.2 Å². The predicted octanol–water partition coefficient (Wildman–Crippen LogP) is 2.86. The van der Waals surface area contributed by atoms with Gasteiger partial charge in [-0.1, -0.05) is 6.92 Å². The van der Waals surface area contributed by atoms with Gasteiger partial charge in [0.25, 0.3) is 0 Å². The SMILES string of the molecule is CC1(CNS(C)(=O)=O)COC(c2nc(-c3ccc(F)cc3)c(-c3ccnc(NCC4CCCO4)n3)[nH]2)OC1. The summed E-state index contributed by atoms with van der Waals surface area (Å²) in [5, 5.41) is 3.24. The second kappa shape index (κ2) is 11.0. The van der Waals surface area contributed by atoms with Crippen LogP contribution in [0, 0.1) is 11.2 Å². The van der Waals surface area contributed by atoms with Crippen LogP contribution in [-0.4, -0.2) is 73.6 Å². The van der Waals surface area contributed by atoms with Gasteiger partial charge >= 0.3 is 0 Å². The fourth-order valence-corrected chi connectivity index (χ4v) is 4.92. The highest BCUT2D eigenvalue weighted by molar-refractivity contribution is 7.88. The zero-order valence-corrected chi connectivity index (χ0v) is 22.1. The molecule has 2 aromatic heterocycles. The molecule has 1 aromatic carbocycles. The van der Waals surface area contributed by atoms with Crippen LogP contribution < -0.4 is 10.0 Å². The van der Waals surface area contributed by atoms with Crippen LogP contribution in [0.5, 0.6) is 0 Å². The van der Waals surface area contributed by atoms with Crippen LogP contribution in [0.3, 0.4) is 0 Å². The van der Waals surface area contributed by atoms with Gasteiger partial charge in [0, 0.05) is 36.9 Å². The monoisotopic (exact) mass is 546 g/mol. The first-order valence-corrected chi connectivity index (χ1v) is 14.3. The number of hydrogen-bond acceptors (Lipinski definition) is 9. The number of aromatic amines is 1. The number of hydrogen-bond donors (Lipinski definition) is 3. The van der Waals surface area contributed by atoms with Crippen molar-refractivity contribution in [2.45, 2.75) is 32.2 Å². The minimum atomic E-state index is -3.34. The van der Waals surface area contributed by atoms with E-state index in [1.807, 2.05) is 6.92 Å². The van der Waals surface area contributed by atoms with Crippen molar-refractivity contribution >= 4 is 16.0 Å². The molecule has 5 rings (SSSR count). The highest BCUT2D eigenvalue weighted by Gasteiger charge is 2.36. The van der Waals surface area contributed by atoms with E-state index in [2.05, 4.69) is 25.0 Å². The lowest BCUT2D eigenvalue weighted by Crippen LogP contribution is -2.45. The lowest BCUT2D eigenvalue weighted by atomic mass is 9.92. The number of rotatable bonds is 9. The number of nitrogens with zero attached hydrogens (tertiary/aromatic N) is 3. The molecule has 1 atom stereocenters. The van der Waals surface area contributed by atoms with Crippen molar-refractivity contribution < 1.29 is 27.0 Å². The lowest BCUT2D eigenvalue weighted by molar-refractivity contribution is -0.231. The van der Waals surface area contributed by atoms with Gasteiger partial charge in [-0.05, 0) is 43.2 Å². The van der Waals surface area contributed by atoms with Crippen molar-refractivity contribution in [2.24, 2.45) is 5.41 Å². The lowest BCUT2D eigenvalue weighted by Gasteiger charge is -2.36. The van der Waals surface area contributed by atoms with E-state index in [4.69, 9.17) is 19.2 Å². The Hall–Kier alpha value is -2.97. The average Bonchev–Trinajstić information content (AvgIpc) is 3.58. The second-order valence-electron chi connectivity index (χ2n) is 9.99. The maximum atomic E-state index is 13.6. The summed E-state index contributed by atoms with van der Waals surface area (Å²) in [6, 6.07) is 7.80. The number of sulfonamides is 1. The van der Waals surface area contributed by atoms with E-state index in [9.17, 15) is 12.8 Å². The highest BCUT2D eigenvalue weighted by atomic mass is 32.2. The molecule has 0 amide bonds. The molecule has 2 aliphatic rings. The van der Waals surface area contributed by atoms with Gasteiger partial charge in [-0.25, -0.2) is 32.5 Å². The van der Waals surface area contributed by atoms with Crippen LogP contribution >= 0.6 is 0 Å². The quantitative estimate of drug-likeness (QED) is 0.369. The molecule has 2 fully saturated rings. The molecule has 4 heterocycles. The first-order chi connectivity index (χ1) is 18.2. The van der Waals surface area contributed by atoms with Crippen LogP contribution in [0.1, 0.15) is 31.9 Å². The van der Waals surface area contributed by atoms with Crippen LogP contribution in [0.25, 0.3) is 22.6 Å². The van der Waals surface area contributed by atoms with Gasteiger partial charge in [0.15, 0.2) is 5.82 Å². The Morgan fingerprint density at radius 2 is 1.89 bits per heavy atom. The highest BCUT2D eigenvalue weighted by Crippen LogP contribution is 2.35. The number of H-pyrrole nitrogens is 1. The Morgan fingerprint density at radius 1 is 1.13 bits per heavy atom. The smallest absolute Gasteiger partial charge is 0.223 e. The molecule has 3 N–H and O–H groups in total. The largest absolute Gasteiger partial charge is 0.376 e. The van der Waals surface area contributed by atoms with E-state index in [1.165, 1.54) is 12.1 Å². The molecule has 204 valence electrons. The molecule has 38 heavy (non-hydrogen) atoms. The third kappa shape index (κ3) is 6.53. The molecule has 0 saturated carbocycles. The number of halogens is 1. The van der Waals surface area contributed by atoms with E-state index >= 15 is 0 Å². The van der Waals surface area contributed by atoms with Crippen molar-refractivity contribution in [3.63, 3.8) is 0 Å². The van der Waals surface area contributed by atoms with E-state index in [-0.39, 0.29) is 31.7 Å². The summed E-state index contributed by atoms with van der Waals surface area (Å²) in [5.74, 6) is 0.526. The zero-order chi connectivity index (χ0) is 26.8. The second-order valence-corrected chi connectivity index (χ2v) is 11.8. The molecule has 0 bridgehead atoms. The van der Waals surface area contributed by atoms with Gasteiger partial charge in [0.05, 0.1) is 42.7 Å². The number of ether oxygens (including phenoxy) is 3. The summed E-state index contributed by atoms with van der Waals surface area (Å²) in [7, 11) is -3.34. The molecule has 13 heteroatoms. The summed E-state index contributed by atoms with van der Waals surface area (Å²) in [6.07, 6.45) is 4.15. The molecule has 11 nitrogen and oxygen atoms in total. The minimum absolute atomic E-state index is 0.134. The Kier molecular flexibility index (Phi) is 7.73. The predicted molar refractivity (Wildman–Crippen MR) is 138 cm³/mol. The number of aromatic nitrogens is 4. The van der Waals surface area contributed by atoms with Crippen LogP contribution in [0.2, 0.25) is 0 Å². The van der Waals surface area contributed by atoms with Gasteiger partial charge in [-0.2, -0.15) is 0 Å². The number of anilines is 1. The van der Waals surface area contributed by atoms with Gasteiger partial charge in [0.1, 0.15) is 5.82 Å². The molecule has 2 saturated heterocycles. The third-order valence-corrected chi connectivity index (χ3v) is 7.08. The Balaban J connectivity index is 1.39. The van der Waals surface area contributed by atoms with Crippen molar-refractivity contribution in [2.75, 3.05) is 44.5 Å². The normalized spacial score (nSPS) is 24.0. The van der Waals surface area contributed by atoms with E-state index in [1.54, 1.807) is 24.4 Å². The summed E-state index contributed by atoms with van der Waals surface area (Å²) < 4.78 is 56.8. The van der Waals surface area contributed by atoms with Crippen LogP contribution in [0.15, 0.2) is 36.5 Å². The topological polar surface area (TPSA) is 140 Å². The number of benzene rings is 1. The van der Waals surface area contributed by atoms with Gasteiger partial charge in [0.2, 0.25) is 22.3 Å². The van der Waals surface area contributed by atoms with Gasteiger partial charge in [-0.3, -0.25) is 0 Å². The van der Waals surface area contributed by atoms with E-state index in [0.29, 0.717) is 41.0 Å². The van der Waals surface area contributed by atoms with Gasteiger partial charge in [-0.15, -0.1) is 0 Å². The molecule has 0 spiro atoms. The minimum Gasteiger partial charge on any atom is -0.376 e. The number of nitrogens with one attached hydrogen (secondary N) is 3. The van der Waals surface area contributed by atoms with E-state index in [0.717, 1.165) is 25.7 Å². The fraction of sp³-hybridized carbons (Fsp3) is 0.480. The maximum absolute atomic E-state index is 13.6. The molecular weight excluding hydrogens is 515 g/mol. The molecular formula is C25H31FN6O5S. The van der Waals surface area contributed by atoms with Crippen molar-refractivity contribution in [1.82, 2.24) is 24.7 Å². The molecule has 0 radical (unpaired) electrons. The average molecular weight is 547 g/mol. The first kappa shape index (κ1) is 26.6. The van der Waals surface area contributed by atoms with E-state index < -0.39 is 21.7 Å². The van der Waals surface area contributed by atoms with Crippen LogP contribution in [0.4, 0.5) is 10.3 Å². The molecule has 1 unspecified atom stereocenters. The zero-order valence-electron chi connectivity index (χ0n) is 21.2. The Morgan fingerprint density at radius 3 is 2.58 bits per heavy atom. The fourth-order valence-electron chi connectivity index (χ4n) is 4.31. The van der Waals surface area contributed by atoms with Gasteiger partial charge < -0.3 is 24.5 Å². The summed E-state index contributed by atoms with van der Waals surface area (Å²) >= 11 is 0. The standard InChI is InChI=1S/C25H31FN6O5S/c1-25(13-29-38(2,33)34)14-36-23(37-15-25)22-31-20(16-5-7-17(26)8-6-16)21(32-22)19-9-10-27-24(30-19)28-12-18-4-3-11-35-18/h5-10,18,23,29H,3-4,11-15H2,1-2H3,(H,31,32)(H,27,28,30). The molecule has 3 aromatic rings. The van der Waals surface area contributed by atoms with Crippen molar-refractivity contribution in [1.29, 1.82) is 0 Å². The first-order valence-electron chi connectivity index (χ1n) is 12.4. The van der Waals surface area contributed by atoms with Crippen LogP contribution in [-0.2, 0) is 24.2 Å². The number of imidazole rings is 1. The molecule has 2 aliphatic heterocycles. The summed E-state index contributed by atoms with van der Waals surface area (Å²) in [4.78, 5) is 17.0. The molecule has 0 aliphatic carbocycles. The summed E-state index contributed by atoms with van der Waals surface area (Å²) in [6.45, 7) is 3.96.